The van der Waals surface area contributed by atoms with E-state index in [1.165, 1.54) is 12.1 Å². The van der Waals surface area contributed by atoms with E-state index >= 15 is 0 Å². The van der Waals surface area contributed by atoms with Gasteiger partial charge in [0.25, 0.3) is 0 Å². The molecule has 0 radical (unpaired) electrons. The van der Waals surface area contributed by atoms with E-state index < -0.39 is 46.0 Å². The number of Topliss-reactive ketones (excluding diaryl/α,β-unsaturated/α-hetero) is 1. The summed E-state index contributed by atoms with van der Waals surface area (Å²) >= 11 is 3.07. The third-order valence-corrected chi connectivity index (χ3v) is 3.68. The molecule has 4 nitrogen and oxygen atoms in total. The Balaban J connectivity index is 2.65. The van der Waals surface area contributed by atoms with Gasteiger partial charge in [-0.3, -0.25) is 4.79 Å². The van der Waals surface area contributed by atoms with Crippen LogP contribution in [0.2, 0.25) is 0 Å². The minimum atomic E-state index is -1.48. The van der Waals surface area contributed by atoms with Crippen molar-refractivity contribution in [1.29, 1.82) is 0 Å². The van der Waals surface area contributed by atoms with Crippen LogP contribution in [-0.4, -0.2) is 18.9 Å². The molecule has 0 saturated heterocycles. The van der Waals surface area contributed by atoms with Crippen molar-refractivity contribution < 1.29 is 27.5 Å². The molecule has 0 spiro atoms. The van der Waals surface area contributed by atoms with Gasteiger partial charge >= 0.3 is 5.97 Å². The fourth-order valence-electron chi connectivity index (χ4n) is 2.00. The van der Waals surface area contributed by atoms with Gasteiger partial charge in [0.05, 0.1) is 29.6 Å². The minimum absolute atomic E-state index is 0.183. The highest BCUT2D eigenvalue weighted by Gasteiger charge is 2.25. The van der Waals surface area contributed by atoms with E-state index in [4.69, 9.17) is 0 Å². The third kappa shape index (κ3) is 3.43. The summed E-state index contributed by atoms with van der Waals surface area (Å²) in [5, 5.41) is 2.34. The van der Waals surface area contributed by atoms with Crippen molar-refractivity contribution in [2.45, 2.75) is 6.92 Å². The number of esters is 1. The molecule has 0 atom stereocenters. The second-order valence-corrected chi connectivity index (χ2v) is 5.69. The van der Waals surface area contributed by atoms with Crippen molar-refractivity contribution in [3.05, 3.63) is 57.3 Å². The third-order valence-electron chi connectivity index (χ3n) is 3.18. The summed E-state index contributed by atoms with van der Waals surface area (Å²) in [6.07, 6.45) is 0. The number of halogens is 4. The quantitative estimate of drug-likeness (QED) is 0.600. The highest BCUT2D eigenvalue weighted by atomic mass is 79.9. The molecule has 0 fully saturated rings. The predicted molar refractivity (Wildman–Crippen MR) is 85.1 cm³/mol. The maximum Gasteiger partial charge on any atom is 0.340 e. The molecule has 0 saturated carbocycles. The molecule has 0 bridgehead atoms. The van der Waals surface area contributed by atoms with Crippen LogP contribution in [0.3, 0.4) is 0 Å². The van der Waals surface area contributed by atoms with Gasteiger partial charge < -0.3 is 10.1 Å². The minimum Gasteiger partial charge on any atom is -0.465 e. The number of ether oxygens (including phenoxy) is 1. The molecule has 126 valence electrons. The first-order chi connectivity index (χ1) is 11.3. The van der Waals surface area contributed by atoms with Crippen LogP contribution in [0.25, 0.3) is 0 Å². The van der Waals surface area contributed by atoms with Gasteiger partial charge in [-0.1, -0.05) is 15.9 Å². The Bertz CT molecular complexity index is 840. The molecular weight excluding hydrogens is 391 g/mol. The number of ketones is 1. The maximum absolute atomic E-state index is 14.3. The van der Waals surface area contributed by atoms with Gasteiger partial charge in [-0.2, -0.15) is 0 Å². The molecule has 0 amide bonds. The molecule has 0 aromatic heterocycles. The average molecular weight is 402 g/mol. The summed E-state index contributed by atoms with van der Waals surface area (Å²) in [6, 6.07) is 4.72. The van der Waals surface area contributed by atoms with E-state index in [-0.39, 0.29) is 5.69 Å². The maximum atomic E-state index is 14.3. The largest absolute Gasteiger partial charge is 0.465 e. The SMILES string of the molecule is COC(=O)c1cc(C(C)=O)c(F)c(F)c1Nc1ccc(Br)cc1F. The number of carbonyl (C=O) groups excluding carboxylic acids is 2. The topological polar surface area (TPSA) is 55.4 Å². The zero-order chi connectivity index (χ0) is 18.0. The highest BCUT2D eigenvalue weighted by molar-refractivity contribution is 9.10. The summed E-state index contributed by atoms with van der Waals surface area (Å²) in [5.41, 5.74) is -1.83. The van der Waals surface area contributed by atoms with Crippen molar-refractivity contribution in [3.63, 3.8) is 0 Å². The number of anilines is 2. The standard InChI is InChI=1S/C16H11BrF3NO3/c1-7(22)9-6-10(16(23)24-2)15(14(20)13(9)19)21-12-4-3-8(17)5-11(12)18/h3-6,21H,1-2H3. The number of carbonyl (C=O) groups is 2. The van der Waals surface area contributed by atoms with Gasteiger partial charge in [0.15, 0.2) is 17.4 Å². The number of benzene rings is 2. The predicted octanol–water partition coefficient (Wildman–Crippen LogP) is 4.60. The van der Waals surface area contributed by atoms with Crippen molar-refractivity contribution in [1.82, 2.24) is 0 Å². The zero-order valence-corrected chi connectivity index (χ0v) is 14.1. The Morgan fingerprint density at radius 3 is 2.29 bits per heavy atom. The lowest BCUT2D eigenvalue weighted by Crippen LogP contribution is -2.13. The van der Waals surface area contributed by atoms with Gasteiger partial charge in [0.2, 0.25) is 0 Å². The summed E-state index contributed by atoms with van der Waals surface area (Å²) in [4.78, 5) is 23.2. The molecule has 0 aliphatic carbocycles. The summed E-state index contributed by atoms with van der Waals surface area (Å²) in [5.74, 6) is -5.44. The van der Waals surface area contributed by atoms with E-state index in [2.05, 4.69) is 26.0 Å². The lowest BCUT2D eigenvalue weighted by Gasteiger charge is -2.15. The van der Waals surface area contributed by atoms with Crippen molar-refractivity contribution in [2.24, 2.45) is 0 Å². The zero-order valence-electron chi connectivity index (χ0n) is 12.5. The first-order valence-corrected chi connectivity index (χ1v) is 7.38. The molecule has 8 heteroatoms. The number of hydrogen-bond donors (Lipinski definition) is 1. The molecular formula is C16H11BrF3NO3. The smallest absolute Gasteiger partial charge is 0.340 e. The number of hydrogen-bond acceptors (Lipinski definition) is 4. The van der Waals surface area contributed by atoms with Crippen molar-refractivity contribution in [2.75, 3.05) is 12.4 Å². The Labute approximate surface area is 143 Å². The van der Waals surface area contributed by atoms with E-state index in [1.807, 2.05) is 0 Å². The number of methoxy groups -OCH3 is 1. The summed E-state index contributed by atoms with van der Waals surface area (Å²) < 4.78 is 47.3. The number of rotatable bonds is 4. The summed E-state index contributed by atoms with van der Waals surface area (Å²) in [7, 11) is 1.04. The van der Waals surface area contributed by atoms with E-state index in [1.54, 1.807) is 0 Å². The first-order valence-electron chi connectivity index (χ1n) is 6.59. The Morgan fingerprint density at radius 1 is 1.08 bits per heavy atom. The van der Waals surface area contributed by atoms with Gasteiger partial charge in [-0.25, -0.2) is 18.0 Å². The molecule has 2 rings (SSSR count). The Hall–Kier alpha value is -2.35. The van der Waals surface area contributed by atoms with E-state index in [9.17, 15) is 22.8 Å². The van der Waals surface area contributed by atoms with Gasteiger partial charge in [0, 0.05) is 4.47 Å². The molecule has 2 aromatic carbocycles. The number of nitrogens with one attached hydrogen (secondary N) is 1. The molecule has 1 N–H and O–H groups in total. The second kappa shape index (κ2) is 7.04. The van der Waals surface area contributed by atoms with Crippen LogP contribution in [0.4, 0.5) is 24.5 Å². The van der Waals surface area contributed by atoms with Crippen LogP contribution in [0.5, 0.6) is 0 Å². The molecule has 24 heavy (non-hydrogen) atoms. The highest BCUT2D eigenvalue weighted by Crippen LogP contribution is 2.31. The molecule has 0 heterocycles. The fraction of sp³-hybridized carbons (Fsp3) is 0.125. The molecule has 2 aromatic rings. The normalized spacial score (nSPS) is 10.4. The van der Waals surface area contributed by atoms with E-state index in [0.717, 1.165) is 26.2 Å². The Morgan fingerprint density at radius 2 is 1.75 bits per heavy atom. The van der Waals surface area contributed by atoms with Gasteiger partial charge in [-0.15, -0.1) is 0 Å². The fourth-order valence-corrected chi connectivity index (χ4v) is 2.33. The van der Waals surface area contributed by atoms with Crippen LogP contribution < -0.4 is 5.32 Å². The Kier molecular flexibility index (Phi) is 5.28. The lowest BCUT2D eigenvalue weighted by atomic mass is 10.0. The van der Waals surface area contributed by atoms with Crippen LogP contribution in [0.15, 0.2) is 28.7 Å². The van der Waals surface area contributed by atoms with E-state index in [0.29, 0.717) is 4.47 Å². The van der Waals surface area contributed by atoms with Crippen molar-refractivity contribution in [3.8, 4) is 0 Å². The first kappa shape index (κ1) is 18.0. The van der Waals surface area contributed by atoms with Crippen LogP contribution >= 0.6 is 15.9 Å². The summed E-state index contributed by atoms with van der Waals surface area (Å²) in [6.45, 7) is 1.03. The molecule has 0 aliphatic heterocycles. The van der Waals surface area contributed by atoms with Gasteiger partial charge in [0.1, 0.15) is 5.82 Å². The van der Waals surface area contributed by atoms with Crippen LogP contribution in [0, 0.1) is 17.5 Å². The monoisotopic (exact) mass is 401 g/mol. The molecule has 0 aliphatic rings. The second-order valence-electron chi connectivity index (χ2n) is 4.77. The van der Waals surface area contributed by atoms with Crippen molar-refractivity contribution >= 4 is 39.1 Å². The average Bonchev–Trinajstić information content (AvgIpc) is 2.53. The molecule has 0 unspecified atom stereocenters. The van der Waals surface area contributed by atoms with Crippen LogP contribution in [0.1, 0.15) is 27.6 Å². The lowest BCUT2D eigenvalue weighted by molar-refractivity contribution is 0.0601. The van der Waals surface area contributed by atoms with Crippen LogP contribution in [-0.2, 0) is 4.74 Å². The van der Waals surface area contributed by atoms with Gasteiger partial charge in [-0.05, 0) is 31.2 Å².